The van der Waals surface area contributed by atoms with Crippen LogP contribution in [-0.2, 0) is 6.42 Å². The van der Waals surface area contributed by atoms with Crippen molar-refractivity contribution in [2.24, 2.45) is 0 Å². The summed E-state index contributed by atoms with van der Waals surface area (Å²) >= 11 is 0. The molecule has 1 N–H and O–H groups in total. The third kappa shape index (κ3) is 2.69. The van der Waals surface area contributed by atoms with E-state index < -0.39 is 11.8 Å². The van der Waals surface area contributed by atoms with Gasteiger partial charge in [0.15, 0.2) is 11.6 Å². The molecule has 0 radical (unpaired) electrons. The molecule has 0 atom stereocenters. The van der Waals surface area contributed by atoms with E-state index >= 15 is 0 Å². The summed E-state index contributed by atoms with van der Waals surface area (Å²) in [7, 11) is 1.39. The minimum atomic E-state index is -1.04. The van der Waals surface area contributed by atoms with E-state index in [4.69, 9.17) is 4.74 Å². The predicted octanol–water partition coefficient (Wildman–Crippen LogP) is 4.31. The van der Waals surface area contributed by atoms with Gasteiger partial charge in [-0.25, -0.2) is 14.2 Å². The van der Waals surface area contributed by atoms with Crippen molar-refractivity contribution in [3.63, 3.8) is 0 Å². The normalized spacial score (nSPS) is 10.8. The maximum absolute atomic E-state index is 14.0. The van der Waals surface area contributed by atoms with Crippen LogP contribution in [0.15, 0.2) is 42.5 Å². The van der Waals surface area contributed by atoms with E-state index in [-0.39, 0.29) is 11.3 Å². The smallest absolute Gasteiger partial charge is 0.336 e. The molecule has 0 aliphatic heterocycles. The van der Waals surface area contributed by atoms with Crippen molar-refractivity contribution in [3.8, 4) is 17.0 Å². The number of halogens is 1. The molecular weight excluding hydrogens is 309 g/mol. The second kappa shape index (κ2) is 6.28. The molecule has 0 unspecified atom stereocenters. The summed E-state index contributed by atoms with van der Waals surface area (Å²) in [6, 6.07) is 11.4. The molecular formula is C19H16FNO3. The van der Waals surface area contributed by atoms with Crippen molar-refractivity contribution in [2.45, 2.75) is 13.3 Å². The first-order valence-electron chi connectivity index (χ1n) is 7.55. The molecule has 24 heavy (non-hydrogen) atoms. The van der Waals surface area contributed by atoms with E-state index in [2.05, 4.69) is 4.98 Å². The van der Waals surface area contributed by atoms with Crippen LogP contribution in [0.5, 0.6) is 5.75 Å². The second-order valence-electron chi connectivity index (χ2n) is 5.38. The molecule has 5 heteroatoms. The standard InChI is InChI=1S/C19H16FNO3/c1-3-11-5-4-6-13-14(19(22)23)10-16(21-18(11)13)12-7-8-17(24-2)15(20)9-12/h4-10H,3H2,1-2H3,(H,22,23). The number of carboxylic acid groups (broad SMARTS) is 1. The van der Waals surface area contributed by atoms with Gasteiger partial charge < -0.3 is 9.84 Å². The third-order valence-electron chi connectivity index (χ3n) is 3.98. The number of hydrogen-bond acceptors (Lipinski definition) is 3. The lowest BCUT2D eigenvalue weighted by molar-refractivity contribution is 0.0699. The number of carbonyl (C=O) groups is 1. The van der Waals surface area contributed by atoms with Gasteiger partial charge in [-0.2, -0.15) is 0 Å². The van der Waals surface area contributed by atoms with Crippen LogP contribution in [0.1, 0.15) is 22.8 Å². The van der Waals surface area contributed by atoms with Crippen LogP contribution in [0, 0.1) is 5.82 Å². The number of aromatic nitrogens is 1. The number of rotatable bonds is 4. The van der Waals surface area contributed by atoms with Gasteiger partial charge in [-0.1, -0.05) is 25.1 Å². The minimum Gasteiger partial charge on any atom is -0.494 e. The quantitative estimate of drug-likeness (QED) is 0.776. The summed E-state index contributed by atoms with van der Waals surface area (Å²) in [5.74, 6) is -1.42. The summed E-state index contributed by atoms with van der Waals surface area (Å²) in [4.78, 5) is 16.2. The number of aryl methyl sites for hydroxylation is 1. The molecule has 4 nitrogen and oxygen atoms in total. The summed E-state index contributed by atoms with van der Waals surface area (Å²) in [6.07, 6.45) is 0.726. The number of methoxy groups -OCH3 is 1. The Kier molecular flexibility index (Phi) is 4.16. The van der Waals surface area contributed by atoms with Crippen molar-refractivity contribution >= 4 is 16.9 Å². The van der Waals surface area contributed by atoms with Crippen molar-refractivity contribution in [3.05, 3.63) is 59.4 Å². The van der Waals surface area contributed by atoms with E-state index in [0.717, 1.165) is 12.0 Å². The Bertz CT molecular complexity index is 937. The average molecular weight is 325 g/mol. The van der Waals surface area contributed by atoms with E-state index in [0.29, 0.717) is 22.2 Å². The fourth-order valence-corrected chi connectivity index (χ4v) is 2.74. The predicted molar refractivity (Wildman–Crippen MR) is 90.0 cm³/mol. The van der Waals surface area contributed by atoms with E-state index in [1.807, 2.05) is 19.1 Å². The second-order valence-corrected chi connectivity index (χ2v) is 5.38. The molecule has 2 aromatic carbocycles. The van der Waals surface area contributed by atoms with Crippen LogP contribution in [0.3, 0.4) is 0 Å². The van der Waals surface area contributed by atoms with Gasteiger partial charge in [-0.15, -0.1) is 0 Å². The van der Waals surface area contributed by atoms with E-state index in [1.54, 1.807) is 12.1 Å². The number of pyridine rings is 1. The van der Waals surface area contributed by atoms with Crippen molar-refractivity contribution in [2.75, 3.05) is 7.11 Å². The lowest BCUT2D eigenvalue weighted by Gasteiger charge is -2.11. The Morgan fingerprint density at radius 3 is 2.67 bits per heavy atom. The van der Waals surface area contributed by atoms with Crippen LogP contribution in [-0.4, -0.2) is 23.2 Å². The number of fused-ring (bicyclic) bond motifs is 1. The highest BCUT2D eigenvalue weighted by Crippen LogP contribution is 2.29. The molecule has 1 aromatic heterocycles. The summed E-state index contributed by atoms with van der Waals surface area (Å²) < 4.78 is 18.9. The molecule has 0 saturated heterocycles. The van der Waals surface area contributed by atoms with Gasteiger partial charge in [-0.05, 0) is 36.2 Å². The largest absolute Gasteiger partial charge is 0.494 e. The van der Waals surface area contributed by atoms with Crippen LogP contribution < -0.4 is 4.74 Å². The number of hydrogen-bond donors (Lipinski definition) is 1. The molecule has 0 fully saturated rings. The van der Waals surface area contributed by atoms with E-state index in [1.165, 1.54) is 25.3 Å². The number of aromatic carboxylic acids is 1. The fourth-order valence-electron chi connectivity index (χ4n) is 2.74. The molecule has 0 aliphatic rings. The number of carboxylic acids is 1. The first kappa shape index (κ1) is 15.9. The van der Waals surface area contributed by atoms with Crippen molar-refractivity contribution < 1.29 is 19.0 Å². The molecule has 3 rings (SSSR count). The highest BCUT2D eigenvalue weighted by Gasteiger charge is 2.15. The minimum absolute atomic E-state index is 0.132. The molecule has 0 amide bonds. The topological polar surface area (TPSA) is 59.4 Å². The van der Waals surface area contributed by atoms with Gasteiger partial charge in [0.05, 0.1) is 23.9 Å². The Hall–Kier alpha value is -2.95. The first-order valence-corrected chi connectivity index (χ1v) is 7.55. The number of nitrogens with zero attached hydrogens (tertiary/aromatic N) is 1. The first-order chi connectivity index (χ1) is 11.5. The Morgan fingerprint density at radius 1 is 1.25 bits per heavy atom. The van der Waals surface area contributed by atoms with Crippen molar-refractivity contribution in [1.82, 2.24) is 4.98 Å². The van der Waals surface area contributed by atoms with Crippen LogP contribution in [0.4, 0.5) is 4.39 Å². The average Bonchev–Trinajstić information content (AvgIpc) is 2.59. The number of ether oxygens (including phenoxy) is 1. The zero-order valence-electron chi connectivity index (χ0n) is 13.3. The Labute approximate surface area is 138 Å². The van der Waals surface area contributed by atoms with Gasteiger partial charge in [0.2, 0.25) is 0 Å². The summed E-state index contributed by atoms with van der Waals surface area (Å²) in [5.41, 5.74) is 2.66. The lowest BCUT2D eigenvalue weighted by atomic mass is 10.0. The fraction of sp³-hybridized carbons (Fsp3) is 0.158. The molecule has 0 spiro atoms. The maximum Gasteiger partial charge on any atom is 0.336 e. The van der Waals surface area contributed by atoms with Crippen molar-refractivity contribution in [1.29, 1.82) is 0 Å². The SMILES string of the molecule is CCc1cccc2c(C(=O)O)cc(-c3ccc(OC)c(F)c3)nc12. The van der Waals surface area contributed by atoms with Gasteiger partial charge in [0.25, 0.3) is 0 Å². The molecule has 122 valence electrons. The highest BCUT2D eigenvalue weighted by atomic mass is 19.1. The number of benzene rings is 2. The Morgan fingerprint density at radius 2 is 2.04 bits per heavy atom. The van der Waals surface area contributed by atoms with Gasteiger partial charge in [0.1, 0.15) is 0 Å². The summed E-state index contributed by atoms with van der Waals surface area (Å²) in [5, 5.41) is 10.1. The lowest BCUT2D eigenvalue weighted by Crippen LogP contribution is -2.02. The van der Waals surface area contributed by atoms with Crippen LogP contribution in [0.2, 0.25) is 0 Å². The summed E-state index contributed by atoms with van der Waals surface area (Å²) in [6.45, 7) is 1.98. The zero-order chi connectivity index (χ0) is 17.3. The van der Waals surface area contributed by atoms with Gasteiger partial charge in [0, 0.05) is 10.9 Å². The van der Waals surface area contributed by atoms with Gasteiger partial charge in [-0.3, -0.25) is 0 Å². The number of para-hydroxylation sites is 1. The van der Waals surface area contributed by atoms with E-state index in [9.17, 15) is 14.3 Å². The molecule has 0 saturated carbocycles. The molecule has 3 aromatic rings. The van der Waals surface area contributed by atoms with Gasteiger partial charge >= 0.3 is 5.97 Å². The molecule has 0 bridgehead atoms. The molecule has 0 aliphatic carbocycles. The monoisotopic (exact) mass is 325 g/mol. The maximum atomic E-state index is 14.0. The zero-order valence-corrected chi connectivity index (χ0v) is 13.3. The van der Waals surface area contributed by atoms with Crippen LogP contribution in [0.25, 0.3) is 22.2 Å². The third-order valence-corrected chi connectivity index (χ3v) is 3.98. The molecule has 1 heterocycles. The van der Waals surface area contributed by atoms with Crippen LogP contribution >= 0.6 is 0 Å². The highest BCUT2D eigenvalue weighted by molar-refractivity contribution is 6.04. The Balaban J connectivity index is 2.29.